The molecule has 0 atom stereocenters. The second kappa shape index (κ2) is 3.78. The maximum absolute atomic E-state index is 8.95. The van der Waals surface area contributed by atoms with Crippen LogP contribution in [0.3, 0.4) is 0 Å². The molecule has 0 aromatic carbocycles. The fourth-order valence-electron chi connectivity index (χ4n) is 0.0544. The van der Waals surface area contributed by atoms with E-state index in [1.54, 1.807) is 0 Å². The maximum atomic E-state index is 8.95. The largest absolute Gasteiger partial charge is 0.356 e. The van der Waals surface area contributed by atoms with Crippen molar-refractivity contribution in [1.82, 2.24) is 0 Å². The van der Waals surface area contributed by atoms with Crippen LogP contribution in [0, 0.1) is 20.2 Å². The van der Waals surface area contributed by atoms with Crippen LogP contribution in [-0.4, -0.2) is 10.2 Å². The molecule has 0 radical (unpaired) electrons. The lowest BCUT2D eigenvalue weighted by Crippen LogP contribution is -2.06. The first kappa shape index (κ1) is 9.78. The first-order valence-electron chi connectivity index (χ1n) is 1.10. The van der Waals surface area contributed by atoms with Crippen LogP contribution in [0.2, 0.25) is 0 Å². The normalized spacial score (nSPS) is 6.50. The lowest BCUT2D eigenvalue weighted by molar-refractivity contribution is -1.03. The quantitative estimate of drug-likeness (QED) is 0.382. The van der Waals surface area contributed by atoms with E-state index in [1.807, 2.05) is 0 Å². The molecule has 0 fully saturated rings. The molecule has 0 heterocycles. The molecular formula is CH4N2O5. The fraction of sp³-hybridized carbons (Fsp3) is 1.00. The van der Waals surface area contributed by atoms with Crippen LogP contribution in [-0.2, 0) is 4.94 Å². The number of rotatable bonds is 2. The minimum absolute atomic E-state index is 0. The van der Waals surface area contributed by atoms with Crippen molar-refractivity contribution in [2.24, 2.45) is 0 Å². The first-order chi connectivity index (χ1) is 3.13. The van der Waals surface area contributed by atoms with E-state index in [0.717, 1.165) is 0 Å². The Labute approximate surface area is 44.1 Å². The zero-order valence-corrected chi connectivity index (χ0v) is 2.94. The second-order valence-corrected chi connectivity index (χ2v) is 0.529. The maximum Gasteiger partial charge on any atom is 0.356 e. The Balaban J connectivity index is 0. The number of hydrogen-bond donors (Lipinski definition) is 0. The average Bonchev–Trinajstić information content (AvgIpc) is 1.27. The molecule has 0 aliphatic rings. The van der Waals surface area contributed by atoms with E-state index in [4.69, 9.17) is 20.2 Å². The highest BCUT2D eigenvalue weighted by molar-refractivity contribution is 3.89. The lowest BCUT2D eigenvalue weighted by atomic mass is 12.0. The van der Waals surface area contributed by atoms with Crippen LogP contribution in [0.4, 0.5) is 0 Å². The third kappa shape index (κ3) is 8.82. The van der Waals surface area contributed by atoms with E-state index in [9.17, 15) is 0 Å². The fourth-order valence-corrected chi connectivity index (χ4v) is 0.0544. The molecule has 0 aliphatic carbocycles. The van der Waals surface area contributed by atoms with Gasteiger partial charge in [-0.25, -0.2) is 0 Å². The first-order valence-corrected chi connectivity index (χ1v) is 1.10. The highest BCUT2D eigenvalue weighted by Crippen LogP contribution is 1.70. The monoisotopic (exact) mass is 124 g/mol. The van der Waals surface area contributed by atoms with Gasteiger partial charge in [0.05, 0.1) is 0 Å². The molecule has 0 amide bonds. The summed E-state index contributed by atoms with van der Waals surface area (Å²) in [5, 5.41) is 14.9. The smallest absolute Gasteiger partial charge is 0.105 e. The van der Waals surface area contributed by atoms with E-state index in [0.29, 0.717) is 0 Å². The number of nitrogens with zero attached hydrogens (tertiary/aromatic N) is 2. The second-order valence-electron chi connectivity index (χ2n) is 0.529. The summed E-state index contributed by atoms with van der Waals surface area (Å²) in [4.78, 5) is 20.6. The number of hydrogen-bond acceptors (Lipinski definition) is 5. The molecule has 0 aliphatic heterocycles. The molecule has 7 heteroatoms. The molecule has 7 nitrogen and oxygen atoms in total. The van der Waals surface area contributed by atoms with Crippen LogP contribution < -0.4 is 0 Å². The summed E-state index contributed by atoms with van der Waals surface area (Å²) < 4.78 is 0. The summed E-state index contributed by atoms with van der Waals surface area (Å²) >= 11 is 0. The van der Waals surface area contributed by atoms with Crippen LogP contribution >= 0.6 is 0 Å². The van der Waals surface area contributed by atoms with Crippen molar-refractivity contribution in [1.29, 1.82) is 0 Å². The lowest BCUT2D eigenvalue weighted by Gasteiger charge is -1.71. The molecule has 0 aromatic heterocycles. The van der Waals surface area contributed by atoms with Crippen molar-refractivity contribution in [3.8, 4) is 0 Å². The molecule has 0 rings (SSSR count). The van der Waals surface area contributed by atoms with Gasteiger partial charge in [0.15, 0.2) is 0 Å². The highest BCUT2D eigenvalue weighted by Gasteiger charge is 2.05. The van der Waals surface area contributed by atoms with Gasteiger partial charge in [-0.1, -0.05) is 7.43 Å². The Bertz CT molecular complexity index is 86.6. The van der Waals surface area contributed by atoms with Crippen molar-refractivity contribution < 1.29 is 15.1 Å². The van der Waals surface area contributed by atoms with Gasteiger partial charge in [-0.2, -0.15) is 0 Å². The Kier molecular flexibility index (Phi) is 4.62. The summed E-state index contributed by atoms with van der Waals surface area (Å²) in [6.45, 7) is 0. The van der Waals surface area contributed by atoms with Gasteiger partial charge < -0.3 is 0 Å². The van der Waals surface area contributed by atoms with Crippen LogP contribution in [0.25, 0.3) is 0 Å². The van der Waals surface area contributed by atoms with Gasteiger partial charge in [0.2, 0.25) is 0 Å². The van der Waals surface area contributed by atoms with Crippen molar-refractivity contribution >= 4 is 0 Å². The summed E-state index contributed by atoms with van der Waals surface area (Å²) in [5.74, 6) is 0. The molecule has 8 heavy (non-hydrogen) atoms. The van der Waals surface area contributed by atoms with E-state index in [1.165, 1.54) is 0 Å². The molecule has 0 saturated carbocycles. The molecule has 0 aromatic rings. The van der Waals surface area contributed by atoms with Crippen molar-refractivity contribution in [2.45, 2.75) is 7.43 Å². The zero-order chi connectivity index (χ0) is 5.86. The topological polar surface area (TPSA) is 95.5 Å². The van der Waals surface area contributed by atoms with Crippen LogP contribution in [0.1, 0.15) is 7.43 Å². The van der Waals surface area contributed by atoms with E-state index < -0.39 is 10.2 Å². The van der Waals surface area contributed by atoms with Gasteiger partial charge in [-0.05, 0) is 0 Å². The predicted octanol–water partition coefficient (Wildman–Crippen LogP) is 0.0225. The van der Waals surface area contributed by atoms with Crippen LogP contribution in [0.5, 0.6) is 0 Å². The molecule has 0 saturated heterocycles. The molecule has 0 spiro atoms. The SMILES string of the molecule is C.O=[N+]([O-])O[N+](=O)[O-]. The van der Waals surface area contributed by atoms with Crippen LogP contribution in [0.15, 0.2) is 0 Å². The molecule has 0 N–H and O–H groups in total. The van der Waals surface area contributed by atoms with Gasteiger partial charge in [-0.3, -0.25) is 0 Å². The minimum atomic E-state index is -1.50. The average molecular weight is 124 g/mol. The predicted molar refractivity (Wildman–Crippen MR) is 21.8 cm³/mol. The van der Waals surface area contributed by atoms with Gasteiger partial charge in [0.25, 0.3) is 0 Å². The zero-order valence-electron chi connectivity index (χ0n) is 2.94. The molecular weight excluding hydrogens is 120 g/mol. The minimum Gasteiger partial charge on any atom is -0.105 e. The Morgan fingerprint density at radius 1 is 1.12 bits per heavy atom. The van der Waals surface area contributed by atoms with Crippen molar-refractivity contribution in [3.63, 3.8) is 0 Å². The van der Waals surface area contributed by atoms with Gasteiger partial charge in [-0.15, -0.1) is 20.2 Å². The summed E-state index contributed by atoms with van der Waals surface area (Å²) in [6, 6.07) is 0. The summed E-state index contributed by atoms with van der Waals surface area (Å²) in [7, 11) is 0. The third-order valence-electron chi connectivity index (χ3n) is 0.133. The van der Waals surface area contributed by atoms with E-state index in [-0.39, 0.29) is 7.43 Å². The standard InChI is InChI=1S/CH4.N2O5/c;3-1(4)7-2(5)6/h1H4;. The third-order valence-corrected chi connectivity index (χ3v) is 0.133. The van der Waals surface area contributed by atoms with Gasteiger partial charge in [0.1, 0.15) is 0 Å². The van der Waals surface area contributed by atoms with Crippen molar-refractivity contribution in [3.05, 3.63) is 20.2 Å². The van der Waals surface area contributed by atoms with Gasteiger partial charge >= 0.3 is 10.2 Å². The molecule has 0 bridgehead atoms. The molecule has 48 valence electrons. The molecule has 0 unspecified atom stereocenters. The van der Waals surface area contributed by atoms with E-state index >= 15 is 0 Å². The van der Waals surface area contributed by atoms with Crippen molar-refractivity contribution in [2.75, 3.05) is 0 Å². The Morgan fingerprint density at radius 3 is 1.38 bits per heavy atom. The van der Waals surface area contributed by atoms with E-state index in [2.05, 4.69) is 4.94 Å². The summed E-state index contributed by atoms with van der Waals surface area (Å²) in [5.41, 5.74) is 0. The Morgan fingerprint density at radius 2 is 1.38 bits per heavy atom. The van der Waals surface area contributed by atoms with Gasteiger partial charge in [0, 0.05) is 4.94 Å². The summed E-state index contributed by atoms with van der Waals surface area (Å²) in [6.07, 6.45) is 0. The Hall–Kier alpha value is -1.40. The highest BCUT2D eigenvalue weighted by atomic mass is 17.1.